The van der Waals surface area contributed by atoms with Gasteiger partial charge in [0.05, 0.1) is 23.6 Å². The van der Waals surface area contributed by atoms with Crippen molar-refractivity contribution in [3.63, 3.8) is 0 Å². The van der Waals surface area contributed by atoms with Crippen molar-refractivity contribution < 1.29 is 14.7 Å². The molecule has 2 amide bonds. The van der Waals surface area contributed by atoms with E-state index in [1.807, 2.05) is 36.4 Å². The molecule has 0 aliphatic carbocycles. The van der Waals surface area contributed by atoms with Gasteiger partial charge in [-0.25, -0.2) is 0 Å². The average Bonchev–Trinajstić information content (AvgIpc) is 2.86. The van der Waals surface area contributed by atoms with Gasteiger partial charge < -0.3 is 5.11 Å². The Labute approximate surface area is 144 Å². The monoisotopic (exact) mass is 340 g/mol. The number of amides is 2. The molecule has 1 N–H and O–H groups in total. The number of carbonyl (C=O) groups excluding carboxylic acids is 2. The maximum Gasteiger partial charge on any atom is 0.268 e. The summed E-state index contributed by atoms with van der Waals surface area (Å²) in [6.07, 6.45) is 3.29. The van der Waals surface area contributed by atoms with Crippen molar-refractivity contribution in [2.75, 3.05) is 12.4 Å². The molecule has 2 aromatic rings. The Hall–Kier alpha value is -2.44. The zero-order valence-electron chi connectivity index (χ0n) is 12.9. The molecule has 0 bridgehead atoms. The van der Waals surface area contributed by atoms with E-state index in [2.05, 4.69) is 4.98 Å². The Morgan fingerprint density at radius 1 is 1.04 bits per heavy atom. The molecule has 6 heteroatoms. The third-order valence-electron chi connectivity index (χ3n) is 3.59. The van der Waals surface area contributed by atoms with Crippen LogP contribution in [0.25, 0.3) is 5.57 Å². The number of pyridine rings is 1. The van der Waals surface area contributed by atoms with Gasteiger partial charge in [-0.2, -0.15) is 0 Å². The predicted molar refractivity (Wildman–Crippen MR) is 92.7 cm³/mol. The van der Waals surface area contributed by atoms with Gasteiger partial charge in [-0.3, -0.25) is 19.5 Å². The molecular formula is C18H16N2O3S. The fraction of sp³-hybridized carbons (Fsp3) is 0.167. The minimum atomic E-state index is -0.318. The van der Waals surface area contributed by atoms with Crippen LogP contribution in [-0.2, 0) is 16.1 Å². The zero-order valence-corrected chi connectivity index (χ0v) is 13.7. The third-order valence-corrected chi connectivity index (χ3v) is 4.64. The lowest BCUT2D eigenvalue weighted by molar-refractivity contribution is -0.137. The maximum absolute atomic E-state index is 12.8. The van der Waals surface area contributed by atoms with E-state index in [4.69, 9.17) is 5.11 Å². The van der Waals surface area contributed by atoms with Gasteiger partial charge in [0.1, 0.15) is 0 Å². The highest BCUT2D eigenvalue weighted by molar-refractivity contribution is 8.04. The number of imide groups is 1. The van der Waals surface area contributed by atoms with Crippen molar-refractivity contribution in [3.05, 3.63) is 70.9 Å². The van der Waals surface area contributed by atoms with E-state index in [9.17, 15) is 9.59 Å². The minimum absolute atomic E-state index is 0.0552. The first kappa shape index (κ1) is 16.4. The number of aliphatic hydroxyl groups excluding tert-OH is 1. The number of hydrogen-bond donors (Lipinski definition) is 1. The molecule has 1 aromatic heterocycles. The number of nitrogens with zero attached hydrogens (tertiary/aromatic N) is 2. The van der Waals surface area contributed by atoms with Crippen molar-refractivity contribution >= 4 is 29.1 Å². The first-order valence-corrected chi connectivity index (χ1v) is 8.49. The Morgan fingerprint density at radius 2 is 1.83 bits per heavy atom. The van der Waals surface area contributed by atoms with Crippen LogP contribution >= 0.6 is 11.8 Å². The lowest BCUT2D eigenvalue weighted by Gasteiger charge is -2.14. The van der Waals surface area contributed by atoms with Crippen LogP contribution in [0.15, 0.2) is 59.8 Å². The lowest BCUT2D eigenvalue weighted by Crippen LogP contribution is -2.31. The van der Waals surface area contributed by atoms with Gasteiger partial charge in [0.15, 0.2) is 0 Å². The summed E-state index contributed by atoms with van der Waals surface area (Å²) >= 11 is 1.22. The lowest BCUT2D eigenvalue weighted by atomic mass is 10.1. The molecule has 0 radical (unpaired) electrons. The van der Waals surface area contributed by atoms with Gasteiger partial charge in [0, 0.05) is 18.1 Å². The molecular weight excluding hydrogens is 324 g/mol. The highest BCUT2D eigenvalue weighted by atomic mass is 32.2. The molecule has 1 aromatic carbocycles. The Kier molecular flexibility index (Phi) is 5.08. The largest absolute Gasteiger partial charge is 0.396 e. The smallest absolute Gasteiger partial charge is 0.268 e. The number of hydrogen-bond acceptors (Lipinski definition) is 5. The number of aromatic nitrogens is 1. The van der Waals surface area contributed by atoms with Crippen LogP contribution in [0.1, 0.15) is 11.1 Å². The van der Waals surface area contributed by atoms with Crippen LogP contribution in [0.3, 0.4) is 0 Å². The number of carbonyl (C=O) groups is 2. The molecule has 0 fully saturated rings. The SMILES string of the molecule is O=C1C(SCCO)=C(c2ccccc2)C(=O)N1Cc1cccnc1. The van der Waals surface area contributed by atoms with Gasteiger partial charge in [0.25, 0.3) is 11.8 Å². The first-order chi connectivity index (χ1) is 11.7. The summed E-state index contributed by atoms with van der Waals surface area (Å²) in [6, 6.07) is 12.7. The fourth-order valence-electron chi connectivity index (χ4n) is 2.51. The van der Waals surface area contributed by atoms with Gasteiger partial charge >= 0.3 is 0 Å². The molecule has 0 unspecified atom stereocenters. The molecule has 122 valence electrons. The Bertz CT molecular complexity index is 775. The van der Waals surface area contributed by atoms with E-state index >= 15 is 0 Å². The number of rotatable bonds is 6. The second kappa shape index (κ2) is 7.42. The van der Waals surface area contributed by atoms with Crippen molar-refractivity contribution in [1.29, 1.82) is 0 Å². The molecule has 0 spiro atoms. The Morgan fingerprint density at radius 3 is 2.50 bits per heavy atom. The topological polar surface area (TPSA) is 70.5 Å². The summed E-state index contributed by atoms with van der Waals surface area (Å²) in [5.41, 5.74) is 1.91. The molecule has 2 heterocycles. The van der Waals surface area contributed by atoms with Crippen LogP contribution in [0.2, 0.25) is 0 Å². The molecule has 1 aliphatic rings. The zero-order chi connectivity index (χ0) is 16.9. The summed E-state index contributed by atoms with van der Waals surface area (Å²) < 4.78 is 0. The van der Waals surface area contributed by atoms with Crippen molar-refractivity contribution in [1.82, 2.24) is 9.88 Å². The van der Waals surface area contributed by atoms with Crippen LogP contribution < -0.4 is 0 Å². The van der Waals surface area contributed by atoms with E-state index in [-0.39, 0.29) is 25.0 Å². The normalized spacial score (nSPS) is 14.6. The van der Waals surface area contributed by atoms with Crippen LogP contribution in [0, 0.1) is 0 Å². The average molecular weight is 340 g/mol. The standard InChI is InChI=1S/C18H16N2O3S/c21-9-10-24-16-15(14-6-2-1-3-7-14)17(22)20(18(16)23)12-13-5-4-8-19-11-13/h1-8,11,21H,9-10,12H2. The van der Waals surface area contributed by atoms with Gasteiger partial charge in [-0.05, 0) is 17.2 Å². The first-order valence-electron chi connectivity index (χ1n) is 7.51. The van der Waals surface area contributed by atoms with Crippen molar-refractivity contribution in [2.45, 2.75) is 6.54 Å². The number of aliphatic hydroxyl groups is 1. The number of benzene rings is 1. The summed E-state index contributed by atoms with van der Waals surface area (Å²) in [6.45, 7) is 0.130. The predicted octanol–water partition coefficient (Wildman–Crippen LogP) is 2.09. The van der Waals surface area contributed by atoms with E-state index in [1.54, 1.807) is 18.5 Å². The minimum Gasteiger partial charge on any atom is -0.396 e. The molecule has 3 rings (SSSR count). The maximum atomic E-state index is 12.8. The van der Waals surface area contributed by atoms with Crippen LogP contribution in [-0.4, -0.2) is 39.2 Å². The van der Waals surface area contributed by atoms with E-state index in [0.717, 1.165) is 5.56 Å². The van der Waals surface area contributed by atoms with Gasteiger partial charge in [-0.1, -0.05) is 36.4 Å². The summed E-state index contributed by atoms with van der Waals surface area (Å²) in [4.78, 5) is 31.2. The van der Waals surface area contributed by atoms with E-state index in [1.165, 1.54) is 16.7 Å². The van der Waals surface area contributed by atoms with Gasteiger partial charge in [0.2, 0.25) is 0 Å². The highest BCUT2D eigenvalue weighted by Crippen LogP contribution is 2.36. The third kappa shape index (κ3) is 3.25. The van der Waals surface area contributed by atoms with Crippen molar-refractivity contribution in [3.8, 4) is 0 Å². The summed E-state index contributed by atoms with van der Waals surface area (Å²) in [5, 5.41) is 9.08. The molecule has 0 saturated heterocycles. The summed E-state index contributed by atoms with van der Waals surface area (Å²) in [7, 11) is 0. The molecule has 5 nitrogen and oxygen atoms in total. The quantitative estimate of drug-likeness (QED) is 0.816. The molecule has 1 aliphatic heterocycles. The van der Waals surface area contributed by atoms with Crippen LogP contribution in [0.4, 0.5) is 0 Å². The van der Waals surface area contributed by atoms with E-state index < -0.39 is 0 Å². The second-order valence-corrected chi connectivity index (χ2v) is 6.31. The Balaban J connectivity index is 1.95. The number of thioether (sulfide) groups is 1. The van der Waals surface area contributed by atoms with Gasteiger partial charge in [-0.15, -0.1) is 11.8 Å². The second-order valence-electron chi connectivity index (χ2n) is 5.20. The molecule has 0 atom stereocenters. The molecule has 0 saturated carbocycles. The molecule has 24 heavy (non-hydrogen) atoms. The fourth-order valence-corrected chi connectivity index (χ4v) is 3.39. The highest BCUT2D eigenvalue weighted by Gasteiger charge is 2.38. The van der Waals surface area contributed by atoms with Crippen LogP contribution in [0.5, 0.6) is 0 Å². The van der Waals surface area contributed by atoms with Crippen molar-refractivity contribution in [2.24, 2.45) is 0 Å². The van der Waals surface area contributed by atoms with E-state index in [0.29, 0.717) is 21.8 Å². The summed E-state index contributed by atoms with van der Waals surface area (Å²) in [5.74, 6) is -0.262.